The summed E-state index contributed by atoms with van der Waals surface area (Å²) in [5.74, 6) is -1.66. The van der Waals surface area contributed by atoms with Gasteiger partial charge in [-0.1, -0.05) is 35.9 Å². The molecule has 3 rings (SSSR count). The van der Waals surface area contributed by atoms with Crippen LogP contribution in [0.3, 0.4) is 0 Å². The van der Waals surface area contributed by atoms with Gasteiger partial charge in [0.15, 0.2) is 16.4 Å². The van der Waals surface area contributed by atoms with E-state index in [9.17, 15) is 22.8 Å². The quantitative estimate of drug-likeness (QED) is 0.472. The van der Waals surface area contributed by atoms with Gasteiger partial charge in [0, 0.05) is 30.1 Å². The highest BCUT2D eigenvalue weighted by atomic mass is 32.2. The second-order valence-corrected chi connectivity index (χ2v) is 11.2. The lowest BCUT2D eigenvalue weighted by Gasteiger charge is -2.23. The van der Waals surface area contributed by atoms with E-state index in [1.807, 2.05) is 30.3 Å². The van der Waals surface area contributed by atoms with Crippen molar-refractivity contribution in [2.75, 3.05) is 30.5 Å². The van der Waals surface area contributed by atoms with Gasteiger partial charge in [-0.05, 0) is 25.8 Å². The van der Waals surface area contributed by atoms with Crippen molar-refractivity contribution < 1.29 is 27.5 Å². The topological polar surface area (TPSA) is 110 Å². The van der Waals surface area contributed by atoms with Crippen LogP contribution < -0.4 is 5.32 Å². The van der Waals surface area contributed by atoms with Crippen LogP contribution in [0.4, 0.5) is 5.00 Å². The highest BCUT2D eigenvalue weighted by molar-refractivity contribution is 7.91. The molecule has 1 aliphatic rings. The van der Waals surface area contributed by atoms with Gasteiger partial charge in [-0.25, -0.2) is 13.2 Å². The average Bonchev–Trinajstić information content (AvgIpc) is 3.34. The van der Waals surface area contributed by atoms with Crippen LogP contribution in [0.2, 0.25) is 0 Å². The molecule has 0 radical (unpaired) electrons. The number of hydrogen-bond acceptors (Lipinski definition) is 7. The Bertz CT molecular complexity index is 1180. The van der Waals surface area contributed by atoms with Crippen LogP contribution in [0.15, 0.2) is 47.4 Å². The van der Waals surface area contributed by atoms with E-state index in [4.69, 9.17) is 4.74 Å². The third kappa shape index (κ3) is 6.29. The zero-order valence-electron chi connectivity index (χ0n) is 18.7. The van der Waals surface area contributed by atoms with Crippen LogP contribution >= 0.6 is 11.3 Å². The maximum absolute atomic E-state index is 13.0. The van der Waals surface area contributed by atoms with Crippen LogP contribution in [-0.2, 0) is 24.2 Å². The monoisotopic (exact) mass is 490 g/mol. The summed E-state index contributed by atoms with van der Waals surface area (Å²) in [5, 5.41) is 4.79. The minimum Gasteiger partial charge on any atom is -0.452 e. The summed E-state index contributed by atoms with van der Waals surface area (Å²) in [7, 11) is -1.64. The number of thiophene rings is 1. The van der Waals surface area contributed by atoms with Crippen LogP contribution in [0.25, 0.3) is 11.1 Å². The SMILES string of the molecule is CC(C)=CC(=O)Nc1scc(-c2ccccc2)c1C(=O)OCC(=O)N(C)[C@H]1CCS(=O)(=O)C1. The molecule has 1 aliphatic heterocycles. The maximum Gasteiger partial charge on any atom is 0.342 e. The van der Waals surface area contributed by atoms with Gasteiger partial charge in [-0.2, -0.15) is 0 Å². The number of ether oxygens (including phenoxy) is 1. The lowest BCUT2D eigenvalue weighted by atomic mass is 10.0. The molecule has 1 aromatic heterocycles. The van der Waals surface area contributed by atoms with Crippen molar-refractivity contribution in [2.24, 2.45) is 0 Å². The van der Waals surface area contributed by atoms with E-state index < -0.39 is 34.4 Å². The van der Waals surface area contributed by atoms with Gasteiger partial charge >= 0.3 is 5.97 Å². The van der Waals surface area contributed by atoms with E-state index in [1.165, 1.54) is 29.4 Å². The van der Waals surface area contributed by atoms with E-state index in [2.05, 4.69) is 5.32 Å². The minimum atomic E-state index is -3.15. The minimum absolute atomic E-state index is 0.0408. The molecule has 2 heterocycles. The summed E-state index contributed by atoms with van der Waals surface area (Å²) in [6.45, 7) is 3.05. The largest absolute Gasteiger partial charge is 0.452 e. The van der Waals surface area contributed by atoms with E-state index in [1.54, 1.807) is 19.2 Å². The molecular formula is C23H26N2O6S2. The number of nitrogens with one attached hydrogen (secondary N) is 1. The van der Waals surface area contributed by atoms with Gasteiger partial charge in [0.25, 0.3) is 5.91 Å². The Morgan fingerprint density at radius 3 is 2.52 bits per heavy atom. The number of amides is 2. The third-order valence-electron chi connectivity index (χ3n) is 5.21. The molecule has 10 heteroatoms. The van der Waals surface area contributed by atoms with E-state index in [-0.39, 0.29) is 23.0 Å². The normalized spacial score (nSPS) is 16.6. The molecular weight excluding hydrogens is 464 g/mol. The number of rotatable bonds is 7. The summed E-state index contributed by atoms with van der Waals surface area (Å²) in [6, 6.07) is 8.75. The molecule has 0 aliphatic carbocycles. The number of carbonyl (C=O) groups is 3. The van der Waals surface area contributed by atoms with Crippen LogP contribution in [0, 0.1) is 0 Å². The number of carbonyl (C=O) groups excluding carboxylic acids is 3. The number of likely N-dealkylation sites (N-methyl/N-ethyl adjacent to an activating group) is 1. The van der Waals surface area contributed by atoms with Gasteiger partial charge < -0.3 is 15.0 Å². The Morgan fingerprint density at radius 2 is 1.91 bits per heavy atom. The average molecular weight is 491 g/mol. The molecule has 1 aromatic carbocycles. The molecule has 0 spiro atoms. The van der Waals surface area contributed by atoms with Gasteiger partial charge in [-0.3, -0.25) is 9.59 Å². The Morgan fingerprint density at radius 1 is 1.21 bits per heavy atom. The predicted molar refractivity (Wildman–Crippen MR) is 128 cm³/mol. The summed E-state index contributed by atoms with van der Waals surface area (Å²) in [4.78, 5) is 39.1. The first-order valence-corrected chi connectivity index (χ1v) is 13.0. The Kier molecular flexibility index (Phi) is 7.70. The summed E-state index contributed by atoms with van der Waals surface area (Å²) < 4.78 is 28.7. The lowest BCUT2D eigenvalue weighted by Crippen LogP contribution is -2.40. The standard InChI is InChI=1S/C23H26N2O6S2/c1-15(2)11-19(26)24-22-21(18(13-32-22)16-7-5-4-6-8-16)23(28)31-12-20(27)25(3)17-9-10-33(29,30)14-17/h4-8,11,13,17H,9-10,12,14H2,1-3H3,(H,24,26)/t17-/m0/s1. The molecule has 1 fully saturated rings. The number of nitrogens with zero attached hydrogens (tertiary/aromatic N) is 1. The van der Waals surface area contributed by atoms with Gasteiger partial charge in [0.05, 0.1) is 11.5 Å². The zero-order valence-corrected chi connectivity index (χ0v) is 20.3. The molecule has 176 valence electrons. The first-order valence-electron chi connectivity index (χ1n) is 10.3. The molecule has 8 nitrogen and oxygen atoms in total. The molecule has 0 bridgehead atoms. The smallest absolute Gasteiger partial charge is 0.342 e. The molecule has 1 atom stereocenters. The van der Waals surface area contributed by atoms with Crippen LogP contribution in [-0.4, -0.2) is 62.3 Å². The van der Waals surface area contributed by atoms with Crippen LogP contribution in [0.5, 0.6) is 0 Å². The maximum atomic E-state index is 13.0. The van der Waals surface area contributed by atoms with Gasteiger partial charge in [0.2, 0.25) is 5.91 Å². The van der Waals surface area contributed by atoms with Crippen molar-refractivity contribution in [3.63, 3.8) is 0 Å². The predicted octanol–water partition coefficient (Wildman–Crippen LogP) is 3.12. The summed E-state index contributed by atoms with van der Waals surface area (Å²) >= 11 is 1.19. The van der Waals surface area contributed by atoms with E-state index >= 15 is 0 Å². The number of allylic oxidation sites excluding steroid dienone is 1. The molecule has 0 unspecified atom stereocenters. The molecule has 33 heavy (non-hydrogen) atoms. The molecule has 1 N–H and O–H groups in total. The van der Waals surface area contributed by atoms with E-state index in [0.29, 0.717) is 17.0 Å². The Labute approximate surface area is 197 Å². The third-order valence-corrected chi connectivity index (χ3v) is 7.86. The fourth-order valence-corrected chi connectivity index (χ4v) is 6.21. The summed E-state index contributed by atoms with van der Waals surface area (Å²) in [5.41, 5.74) is 2.32. The van der Waals surface area contributed by atoms with Crippen molar-refractivity contribution in [3.8, 4) is 11.1 Å². The van der Waals surface area contributed by atoms with Gasteiger partial charge in [0.1, 0.15) is 10.6 Å². The Balaban J connectivity index is 1.78. The molecule has 2 amide bonds. The van der Waals surface area contributed by atoms with E-state index in [0.717, 1.165) is 11.1 Å². The van der Waals surface area contributed by atoms with Gasteiger partial charge in [-0.15, -0.1) is 11.3 Å². The fraction of sp³-hybridized carbons (Fsp3) is 0.348. The lowest BCUT2D eigenvalue weighted by molar-refractivity contribution is -0.134. The molecule has 0 saturated carbocycles. The molecule has 2 aromatic rings. The molecule has 1 saturated heterocycles. The number of sulfone groups is 1. The highest BCUT2D eigenvalue weighted by Gasteiger charge is 2.33. The fourth-order valence-electron chi connectivity index (χ4n) is 3.48. The summed E-state index contributed by atoms with van der Waals surface area (Å²) in [6.07, 6.45) is 1.78. The first kappa shape index (κ1) is 24.7. The number of anilines is 1. The number of hydrogen-bond donors (Lipinski definition) is 1. The second kappa shape index (κ2) is 10.3. The second-order valence-electron chi connectivity index (χ2n) is 8.07. The highest BCUT2D eigenvalue weighted by Crippen LogP contribution is 2.36. The van der Waals surface area contributed by atoms with Crippen molar-refractivity contribution >= 4 is 44.0 Å². The van der Waals surface area contributed by atoms with Crippen molar-refractivity contribution in [1.82, 2.24) is 4.90 Å². The number of esters is 1. The Hall–Kier alpha value is -2.98. The first-order chi connectivity index (χ1) is 15.6. The van der Waals surface area contributed by atoms with Crippen molar-refractivity contribution in [1.29, 1.82) is 0 Å². The van der Waals surface area contributed by atoms with Crippen molar-refractivity contribution in [3.05, 3.63) is 52.9 Å². The number of benzene rings is 1. The van der Waals surface area contributed by atoms with Crippen LogP contribution in [0.1, 0.15) is 30.6 Å². The zero-order chi connectivity index (χ0) is 24.2. The van der Waals surface area contributed by atoms with Crippen molar-refractivity contribution in [2.45, 2.75) is 26.3 Å².